The van der Waals surface area contributed by atoms with E-state index in [1.54, 1.807) is 24.0 Å². The van der Waals surface area contributed by atoms with E-state index in [0.717, 1.165) is 17.3 Å². The maximum absolute atomic E-state index is 12.7. The van der Waals surface area contributed by atoms with Crippen molar-refractivity contribution in [2.75, 3.05) is 13.1 Å². The first-order valence-electron chi connectivity index (χ1n) is 8.10. The van der Waals surface area contributed by atoms with Gasteiger partial charge in [0.05, 0.1) is 5.75 Å². The minimum atomic E-state index is -0.0720. The topological polar surface area (TPSA) is 77.3 Å². The average molecular weight is 348 g/mol. The summed E-state index contributed by atoms with van der Waals surface area (Å²) >= 11 is 1.58. The van der Waals surface area contributed by atoms with E-state index >= 15 is 0 Å². The van der Waals surface area contributed by atoms with E-state index in [0.29, 0.717) is 24.6 Å². The molecule has 2 N–H and O–H groups in total. The molecule has 1 unspecified atom stereocenters. The maximum Gasteiger partial charge on any atom is 0.289 e. The predicted octanol–water partition coefficient (Wildman–Crippen LogP) is 2.50. The van der Waals surface area contributed by atoms with Crippen molar-refractivity contribution >= 4 is 17.7 Å². The van der Waals surface area contributed by atoms with Crippen LogP contribution in [0.3, 0.4) is 0 Å². The molecule has 2 aromatic rings. The van der Waals surface area contributed by atoms with E-state index in [1.807, 2.05) is 28.8 Å². The van der Waals surface area contributed by atoms with E-state index < -0.39 is 0 Å². The molecule has 2 aromatic heterocycles. The van der Waals surface area contributed by atoms with Crippen LogP contribution in [0.1, 0.15) is 36.6 Å². The number of furan rings is 1. The number of amides is 1. The lowest BCUT2D eigenvalue weighted by Gasteiger charge is -2.42. The highest BCUT2D eigenvalue weighted by molar-refractivity contribution is 7.98. The average Bonchev–Trinajstić information content (AvgIpc) is 3.16. The van der Waals surface area contributed by atoms with E-state index in [2.05, 4.69) is 18.8 Å². The molecule has 3 rings (SSSR count). The van der Waals surface area contributed by atoms with Crippen LogP contribution in [-0.4, -0.2) is 39.5 Å². The summed E-state index contributed by atoms with van der Waals surface area (Å²) in [5.74, 6) is 1.77. The van der Waals surface area contributed by atoms with Gasteiger partial charge in [-0.1, -0.05) is 25.6 Å². The van der Waals surface area contributed by atoms with Crippen LogP contribution in [0.4, 0.5) is 0 Å². The van der Waals surface area contributed by atoms with Gasteiger partial charge in [0.15, 0.2) is 10.9 Å². The third-order valence-electron chi connectivity index (χ3n) is 4.59. The third-order valence-corrected chi connectivity index (χ3v) is 5.67. The lowest BCUT2D eigenvalue weighted by atomic mass is 9.79. The second-order valence-corrected chi connectivity index (χ2v) is 7.93. The minimum Gasteiger partial charge on any atom is -0.455 e. The van der Waals surface area contributed by atoms with Gasteiger partial charge in [0.2, 0.25) is 0 Å². The molecule has 0 radical (unpaired) electrons. The Morgan fingerprint density at radius 2 is 2.29 bits per heavy atom. The number of rotatable bonds is 4. The zero-order valence-electron chi connectivity index (χ0n) is 14.4. The summed E-state index contributed by atoms with van der Waals surface area (Å²) in [6.45, 7) is 5.55. The Hall–Kier alpha value is -1.73. The first kappa shape index (κ1) is 17.1. The number of thioether (sulfide) groups is 1. The van der Waals surface area contributed by atoms with Gasteiger partial charge in [-0.05, 0) is 24.0 Å². The maximum atomic E-state index is 12.7. The Kier molecular flexibility index (Phi) is 4.73. The molecule has 24 heavy (non-hydrogen) atoms. The Labute approximate surface area is 146 Å². The first-order chi connectivity index (χ1) is 11.4. The molecule has 0 spiro atoms. The molecule has 0 saturated carbocycles. The molecule has 1 aliphatic heterocycles. The number of aromatic nitrogens is 2. The van der Waals surface area contributed by atoms with Gasteiger partial charge >= 0.3 is 0 Å². The molecule has 3 heterocycles. The molecule has 0 bridgehead atoms. The summed E-state index contributed by atoms with van der Waals surface area (Å²) in [6.07, 6.45) is 4.49. The lowest BCUT2D eigenvalue weighted by Crippen LogP contribution is -2.53. The number of carbonyl (C=O) groups excluding carboxylic acids is 1. The van der Waals surface area contributed by atoms with Crippen LogP contribution in [0.5, 0.6) is 0 Å². The Bertz CT molecular complexity index is 722. The summed E-state index contributed by atoms with van der Waals surface area (Å²) in [6, 6.07) is 3.75. The molecule has 0 aliphatic carbocycles. The van der Waals surface area contributed by atoms with Crippen LogP contribution >= 0.6 is 11.8 Å². The number of imidazole rings is 1. The summed E-state index contributed by atoms with van der Waals surface area (Å²) in [5.41, 5.74) is 6.07. The fraction of sp³-hybridized carbons (Fsp3) is 0.529. The zero-order chi connectivity index (χ0) is 17.3. The molecule has 6 nitrogen and oxygen atoms in total. The molecule has 1 saturated heterocycles. The van der Waals surface area contributed by atoms with E-state index in [1.165, 1.54) is 0 Å². The molecule has 130 valence electrons. The molecule has 7 heteroatoms. The van der Waals surface area contributed by atoms with Gasteiger partial charge in [-0.3, -0.25) is 4.79 Å². The monoisotopic (exact) mass is 348 g/mol. The molecule has 1 atom stereocenters. The number of hydrogen-bond donors (Lipinski definition) is 1. The molecule has 1 amide bonds. The van der Waals surface area contributed by atoms with Crippen LogP contribution < -0.4 is 5.73 Å². The van der Waals surface area contributed by atoms with Crippen molar-refractivity contribution in [2.24, 2.45) is 18.2 Å². The SMILES string of the molecule is Cn1ccnc1SCc1ccc(C(=O)N2CCC(N)C(C)(C)C2)o1. The zero-order valence-corrected chi connectivity index (χ0v) is 15.2. The van der Waals surface area contributed by atoms with Crippen LogP contribution in [0, 0.1) is 5.41 Å². The van der Waals surface area contributed by atoms with Gasteiger partial charge in [0.25, 0.3) is 5.91 Å². The highest BCUT2D eigenvalue weighted by atomic mass is 32.2. The number of likely N-dealkylation sites (tertiary alicyclic amines) is 1. The van der Waals surface area contributed by atoms with Crippen LogP contribution in [0.15, 0.2) is 34.1 Å². The molecule has 1 fully saturated rings. The number of carbonyl (C=O) groups is 1. The number of hydrogen-bond acceptors (Lipinski definition) is 5. The van der Waals surface area contributed by atoms with E-state index in [-0.39, 0.29) is 17.4 Å². The number of piperidine rings is 1. The van der Waals surface area contributed by atoms with Gasteiger partial charge in [-0.25, -0.2) is 4.98 Å². The highest BCUT2D eigenvalue weighted by Gasteiger charge is 2.36. The quantitative estimate of drug-likeness (QED) is 0.859. The van der Waals surface area contributed by atoms with Crippen LogP contribution in [-0.2, 0) is 12.8 Å². The van der Waals surface area contributed by atoms with Crippen molar-refractivity contribution in [3.8, 4) is 0 Å². The van der Waals surface area contributed by atoms with Crippen LogP contribution in [0.25, 0.3) is 0 Å². The standard InChI is InChI=1S/C17H24N4O2S/c1-17(2)11-21(8-6-14(17)18)15(22)13-5-4-12(23-13)10-24-16-19-7-9-20(16)3/h4-5,7,9,14H,6,8,10-11,18H2,1-3H3. The van der Waals surface area contributed by atoms with Gasteiger partial charge in [-0.15, -0.1) is 0 Å². The summed E-state index contributed by atoms with van der Waals surface area (Å²) in [5, 5.41) is 0.922. The van der Waals surface area contributed by atoms with Crippen molar-refractivity contribution in [2.45, 2.75) is 37.2 Å². The fourth-order valence-corrected chi connectivity index (χ4v) is 3.73. The van der Waals surface area contributed by atoms with Gasteiger partial charge in [-0.2, -0.15) is 0 Å². The number of nitrogens with zero attached hydrogens (tertiary/aromatic N) is 3. The minimum absolute atomic E-state index is 0.0526. The molecule has 0 aromatic carbocycles. The highest BCUT2D eigenvalue weighted by Crippen LogP contribution is 2.29. The molecular weight excluding hydrogens is 324 g/mol. The lowest BCUT2D eigenvalue weighted by molar-refractivity contribution is 0.0502. The van der Waals surface area contributed by atoms with Crippen LogP contribution in [0.2, 0.25) is 0 Å². The summed E-state index contributed by atoms with van der Waals surface area (Å²) in [7, 11) is 1.95. The predicted molar refractivity (Wildman–Crippen MR) is 93.8 cm³/mol. The van der Waals surface area contributed by atoms with Crippen molar-refractivity contribution in [1.82, 2.24) is 14.5 Å². The molecule has 1 aliphatic rings. The van der Waals surface area contributed by atoms with Crippen molar-refractivity contribution in [3.63, 3.8) is 0 Å². The van der Waals surface area contributed by atoms with Gasteiger partial charge < -0.3 is 19.6 Å². The third kappa shape index (κ3) is 3.52. The largest absolute Gasteiger partial charge is 0.455 e. The summed E-state index contributed by atoms with van der Waals surface area (Å²) < 4.78 is 7.71. The second-order valence-electron chi connectivity index (χ2n) is 6.99. The van der Waals surface area contributed by atoms with Crippen molar-refractivity contribution < 1.29 is 9.21 Å². The summed E-state index contributed by atoms with van der Waals surface area (Å²) in [4.78, 5) is 18.8. The fourth-order valence-electron chi connectivity index (χ4n) is 2.90. The van der Waals surface area contributed by atoms with Gasteiger partial charge in [0.1, 0.15) is 5.76 Å². The first-order valence-corrected chi connectivity index (χ1v) is 9.09. The van der Waals surface area contributed by atoms with Crippen molar-refractivity contribution in [3.05, 3.63) is 36.0 Å². The molecular formula is C17H24N4O2S. The van der Waals surface area contributed by atoms with E-state index in [9.17, 15) is 4.79 Å². The van der Waals surface area contributed by atoms with Gasteiger partial charge in [0, 0.05) is 38.6 Å². The second kappa shape index (κ2) is 6.64. The number of aryl methyl sites for hydroxylation is 1. The van der Waals surface area contributed by atoms with Crippen molar-refractivity contribution in [1.29, 1.82) is 0 Å². The number of nitrogens with two attached hydrogens (primary N) is 1. The normalized spacial score (nSPS) is 20.3. The Morgan fingerprint density at radius 1 is 1.50 bits per heavy atom. The smallest absolute Gasteiger partial charge is 0.289 e. The Balaban J connectivity index is 1.62. The Morgan fingerprint density at radius 3 is 2.96 bits per heavy atom. The van der Waals surface area contributed by atoms with E-state index in [4.69, 9.17) is 10.2 Å².